The average Bonchev–Trinajstić information content (AvgIpc) is 1.86. The van der Waals surface area contributed by atoms with Crippen LogP contribution in [0.15, 0.2) is 4.40 Å². The lowest BCUT2D eigenvalue weighted by Crippen LogP contribution is -2.19. The Kier molecular flexibility index (Phi) is 4.52. The topological polar surface area (TPSA) is 49.7 Å². The Morgan fingerprint density at radius 1 is 1.55 bits per heavy atom. The Balaban J connectivity index is 3.88. The van der Waals surface area contributed by atoms with Gasteiger partial charge < -0.3 is 5.11 Å². The molecule has 0 saturated carbocycles. The quantitative estimate of drug-likeness (QED) is 0.651. The van der Waals surface area contributed by atoms with Crippen LogP contribution in [0.1, 0.15) is 27.2 Å². The summed E-state index contributed by atoms with van der Waals surface area (Å²) in [4.78, 5) is 0. The van der Waals surface area contributed by atoms with Crippen LogP contribution in [-0.2, 0) is 11.0 Å². The maximum atomic E-state index is 11.2. The molecule has 0 fully saturated rings. The molecule has 3 nitrogen and oxygen atoms in total. The van der Waals surface area contributed by atoms with Gasteiger partial charge in [-0.05, 0) is 20.8 Å². The third kappa shape index (κ3) is 5.09. The van der Waals surface area contributed by atoms with Gasteiger partial charge in [-0.1, -0.05) is 0 Å². The van der Waals surface area contributed by atoms with Gasteiger partial charge >= 0.3 is 0 Å². The van der Waals surface area contributed by atoms with Gasteiger partial charge in [0.15, 0.2) is 0 Å². The first-order chi connectivity index (χ1) is 4.98. The molecule has 0 unspecified atom stereocenters. The van der Waals surface area contributed by atoms with E-state index in [9.17, 15) is 4.21 Å². The van der Waals surface area contributed by atoms with E-state index in [4.69, 9.17) is 5.11 Å². The minimum absolute atomic E-state index is 0.0604. The maximum absolute atomic E-state index is 11.2. The Morgan fingerprint density at radius 2 is 2.09 bits per heavy atom. The van der Waals surface area contributed by atoms with E-state index in [-0.39, 0.29) is 11.4 Å². The SMILES string of the molecule is CC(C)(C)[S@](=O)/N=C/CCO. The summed E-state index contributed by atoms with van der Waals surface area (Å²) in [6.07, 6.45) is 1.98. The Hall–Kier alpha value is -0.220. The smallest absolute Gasteiger partial charge is 0.144 e. The van der Waals surface area contributed by atoms with Crippen LogP contribution in [0, 0.1) is 0 Å². The molecule has 0 spiro atoms. The number of hydrogen-bond donors (Lipinski definition) is 1. The maximum Gasteiger partial charge on any atom is 0.144 e. The fraction of sp³-hybridized carbons (Fsp3) is 0.857. The van der Waals surface area contributed by atoms with Crippen molar-refractivity contribution in [3.8, 4) is 0 Å². The molecule has 0 aromatic heterocycles. The van der Waals surface area contributed by atoms with E-state index in [0.29, 0.717) is 6.42 Å². The highest BCUT2D eigenvalue weighted by Gasteiger charge is 2.17. The summed E-state index contributed by atoms with van der Waals surface area (Å²) in [6.45, 7) is 5.64. The first-order valence-electron chi connectivity index (χ1n) is 3.54. The summed E-state index contributed by atoms with van der Waals surface area (Å²) in [7, 11) is -1.18. The molecule has 0 aromatic rings. The van der Waals surface area contributed by atoms with Crippen LogP contribution in [-0.4, -0.2) is 26.9 Å². The van der Waals surface area contributed by atoms with Gasteiger partial charge in [0.1, 0.15) is 11.0 Å². The minimum atomic E-state index is -1.18. The number of aliphatic hydroxyl groups is 1. The predicted octanol–water partition coefficient (Wildman–Crippen LogP) is 0.902. The second kappa shape index (κ2) is 4.62. The summed E-state index contributed by atoms with van der Waals surface area (Å²) in [5.74, 6) is 0. The van der Waals surface area contributed by atoms with Crippen LogP contribution >= 0.6 is 0 Å². The molecule has 66 valence electrons. The monoisotopic (exact) mass is 177 g/mol. The third-order valence-electron chi connectivity index (χ3n) is 0.952. The summed E-state index contributed by atoms with van der Waals surface area (Å²) in [5.41, 5.74) is 0. The van der Waals surface area contributed by atoms with Crippen LogP contribution in [0.4, 0.5) is 0 Å². The Morgan fingerprint density at radius 3 is 2.45 bits per heavy atom. The molecule has 11 heavy (non-hydrogen) atoms. The van der Waals surface area contributed by atoms with Crippen LogP contribution in [0.3, 0.4) is 0 Å². The van der Waals surface area contributed by atoms with Crippen molar-refractivity contribution in [1.29, 1.82) is 0 Å². The third-order valence-corrected chi connectivity index (χ3v) is 2.34. The van der Waals surface area contributed by atoms with Crippen molar-refractivity contribution in [2.75, 3.05) is 6.61 Å². The van der Waals surface area contributed by atoms with Crippen molar-refractivity contribution in [3.63, 3.8) is 0 Å². The number of aliphatic hydroxyl groups excluding tert-OH is 1. The van der Waals surface area contributed by atoms with Crippen molar-refractivity contribution in [2.24, 2.45) is 4.40 Å². The first kappa shape index (κ1) is 10.8. The standard InChI is InChI=1S/C7H15NO2S/c1-7(2,3)11(10)8-5-4-6-9/h5,9H,4,6H2,1-3H3/b8-5+/t11-/m0/s1. The van der Waals surface area contributed by atoms with Crippen LogP contribution in [0.2, 0.25) is 0 Å². The molecular weight excluding hydrogens is 162 g/mol. The predicted molar refractivity (Wildman–Crippen MR) is 48.1 cm³/mol. The van der Waals surface area contributed by atoms with Gasteiger partial charge in [0.25, 0.3) is 0 Å². The number of nitrogens with zero attached hydrogens (tertiary/aromatic N) is 1. The van der Waals surface area contributed by atoms with Gasteiger partial charge in [-0.3, -0.25) is 0 Å². The van der Waals surface area contributed by atoms with E-state index < -0.39 is 11.0 Å². The molecule has 0 rings (SSSR count). The van der Waals surface area contributed by atoms with E-state index in [0.717, 1.165) is 0 Å². The van der Waals surface area contributed by atoms with Gasteiger partial charge in [0.2, 0.25) is 0 Å². The largest absolute Gasteiger partial charge is 0.396 e. The second-order valence-electron chi connectivity index (χ2n) is 3.16. The molecule has 0 saturated heterocycles. The lowest BCUT2D eigenvalue weighted by Gasteiger charge is -2.12. The molecule has 0 aliphatic carbocycles. The highest BCUT2D eigenvalue weighted by Crippen LogP contribution is 2.11. The number of rotatable bonds is 3. The van der Waals surface area contributed by atoms with E-state index in [1.807, 2.05) is 20.8 Å². The van der Waals surface area contributed by atoms with E-state index >= 15 is 0 Å². The van der Waals surface area contributed by atoms with Gasteiger partial charge in [0.05, 0.1) is 4.75 Å². The molecule has 4 heteroatoms. The normalized spacial score (nSPS) is 15.6. The van der Waals surface area contributed by atoms with E-state index in [2.05, 4.69) is 4.40 Å². The molecule has 1 N–H and O–H groups in total. The molecule has 0 aliphatic heterocycles. The van der Waals surface area contributed by atoms with Gasteiger partial charge in [-0.2, -0.15) is 4.40 Å². The fourth-order valence-electron chi connectivity index (χ4n) is 0.336. The fourth-order valence-corrected chi connectivity index (χ4v) is 0.893. The van der Waals surface area contributed by atoms with Gasteiger partial charge in [-0.15, -0.1) is 0 Å². The zero-order valence-corrected chi connectivity index (χ0v) is 8.02. The highest BCUT2D eigenvalue weighted by atomic mass is 32.2. The van der Waals surface area contributed by atoms with E-state index in [1.54, 1.807) is 0 Å². The summed E-state index contributed by atoms with van der Waals surface area (Å²) in [6, 6.07) is 0. The van der Waals surface area contributed by atoms with Gasteiger partial charge in [0, 0.05) is 19.2 Å². The summed E-state index contributed by atoms with van der Waals surface area (Å²) in [5, 5.41) is 8.39. The highest BCUT2D eigenvalue weighted by molar-refractivity contribution is 7.85. The van der Waals surface area contributed by atoms with Crippen molar-refractivity contribution >= 4 is 17.2 Å². The zero-order chi connectivity index (χ0) is 8.91. The van der Waals surface area contributed by atoms with Crippen LogP contribution < -0.4 is 0 Å². The van der Waals surface area contributed by atoms with Gasteiger partial charge in [-0.25, -0.2) is 4.21 Å². The minimum Gasteiger partial charge on any atom is -0.396 e. The molecule has 0 aromatic carbocycles. The molecular formula is C7H15NO2S. The second-order valence-corrected chi connectivity index (χ2v) is 5.10. The lowest BCUT2D eigenvalue weighted by atomic mass is 10.3. The molecule has 0 heterocycles. The molecule has 1 atom stereocenters. The van der Waals surface area contributed by atoms with Crippen LogP contribution in [0.5, 0.6) is 0 Å². The Bertz CT molecular complexity index is 160. The lowest BCUT2D eigenvalue weighted by molar-refractivity contribution is 0.308. The van der Waals surface area contributed by atoms with Crippen LogP contribution in [0.25, 0.3) is 0 Å². The van der Waals surface area contributed by atoms with Crippen molar-refractivity contribution in [3.05, 3.63) is 0 Å². The zero-order valence-electron chi connectivity index (χ0n) is 7.20. The summed E-state index contributed by atoms with van der Waals surface area (Å²) < 4.78 is 14.6. The average molecular weight is 177 g/mol. The Labute approximate surface area is 70.1 Å². The molecule has 0 radical (unpaired) electrons. The van der Waals surface area contributed by atoms with Crippen molar-refractivity contribution in [2.45, 2.75) is 31.9 Å². The van der Waals surface area contributed by atoms with Crippen molar-refractivity contribution < 1.29 is 9.32 Å². The molecule has 0 bridgehead atoms. The van der Waals surface area contributed by atoms with E-state index in [1.165, 1.54) is 6.21 Å². The van der Waals surface area contributed by atoms with Crippen molar-refractivity contribution in [1.82, 2.24) is 0 Å². The molecule has 0 aliphatic rings. The first-order valence-corrected chi connectivity index (χ1v) is 4.64. The number of hydrogen-bond acceptors (Lipinski definition) is 2. The molecule has 0 amide bonds. The summed E-state index contributed by atoms with van der Waals surface area (Å²) >= 11 is 0.